The fourth-order valence-electron chi connectivity index (χ4n) is 6.28. The van der Waals surface area contributed by atoms with Crippen LogP contribution in [0.5, 0.6) is 0 Å². The predicted molar refractivity (Wildman–Crippen MR) is 168 cm³/mol. The van der Waals surface area contributed by atoms with Crippen LogP contribution in [0.25, 0.3) is 16.7 Å². The van der Waals surface area contributed by atoms with Gasteiger partial charge in [-0.25, -0.2) is 0 Å². The standard InChI is InChI=1S/C36H31ClN2O/c1-23(24-19-21-26(37)22-20-24)31(34-36(2,3)28-16-10-12-18-30(28)38(34)4)32(25-13-7-6-8-14-25)33-27-15-9-11-17-29(27)39(5)35(33)40/h6-22H,1H2,2-5H3/b33-32-,34-31-. The molecule has 0 aromatic heterocycles. The average molecular weight is 543 g/mol. The third-order valence-corrected chi connectivity index (χ3v) is 8.47. The fraction of sp³-hybridized carbons (Fsp3) is 0.139. The minimum Gasteiger partial charge on any atom is -0.346 e. The number of nitrogens with zero attached hydrogens (tertiary/aromatic N) is 2. The number of rotatable bonds is 4. The Morgan fingerprint density at radius 1 is 0.725 bits per heavy atom. The molecule has 40 heavy (non-hydrogen) atoms. The van der Waals surface area contributed by atoms with Gasteiger partial charge in [-0.3, -0.25) is 4.79 Å². The first kappa shape index (κ1) is 25.9. The number of likely N-dealkylation sites (N-methyl/N-ethyl adjacent to an activating group) is 2. The van der Waals surface area contributed by atoms with Crippen LogP contribution in [0.4, 0.5) is 11.4 Å². The van der Waals surface area contributed by atoms with E-state index in [-0.39, 0.29) is 11.3 Å². The van der Waals surface area contributed by atoms with Crippen molar-refractivity contribution in [3.63, 3.8) is 0 Å². The molecule has 2 aliphatic rings. The normalized spacial score (nSPS) is 18.0. The molecule has 0 saturated carbocycles. The molecule has 0 bridgehead atoms. The van der Waals surface area contributed by atoms with Gasteiger partial charge in [0, 0.05) is 52.6 Å². The van der Waals surface area contributed by atoms with Gasteiger partial charge >= 0.3 is 0 Å². The van der Waals surface area contributed by atoms with Crippen LogP contribution >= 0.6 is 11.6 Å². The van der Waals surface area contributed by atoms with Gasteiger partial charge in [-0.1, -0.05) is 111 Å². The lowest BCUT2D eigenvalue weighted by Crippen LogP contribution is -2.26. The van der Waals surface area contributed by atoms with Gasteiger partial charge in [0.05, 0.1) is 11.3 Å². The number of anilines is 2. The summed E-state index contributed by atoms with van der Waals surface area (Å²) in [5.41, 5.74) is 10.2. The SMILES string of the molecule is C=C(C(/C(=C1\C(=O)N(C)c2ccccc21)c1ccccc1)=C1/N(C)c2ccccc2C1(C)C)c1ccc(Cl)cc1. The van der Waals surface area contributed by atoms with Gasteiger partial charge in [0.15, 0.2) is 0 Å². The van der Waals surface area contributed by atoms with E-state index in [1.807, 2.05) is 73.8 Å². The molecule has 0 aliphatic carbocycles. The van der Waals surface area contributed by atoms with E-state index in [4.69, 9.17) is 18.2 Å². The van der Waals surface area contributed by atoms with Crippen molar-refractivity contribution in [3.05, 3.63) is 148 Å². The number of carbonyl (C=O) groups excluding carboxylic acids is 1. The van der Waals surface area contributed by atoms with Gasteiger partial charge in [-0.15, -0.1) is 0 Å². The molecule has 6 rings (SSSR count). The largest absolute Gasteiger partial charge is 0.346 e. The van der Waals surface area contributed by atoms with E-state index >= 15 is 0 Å². The summed E-state index contributed by atoms with van der Waals surface area (Å²) in [5.74, 6) is -0.0296. The molecule has 0 spiro atoms. The first-order valence-corrected chi connectivity index (χ1v) is 13.8. The zero-order valence-electron chi connectivity index (χ0n) is 23.2. The Morgan fingerprint density at radius 2 is 1.32 bits per heavy atom. The lowest BCUT2D eigenvalue weighted by Gasteiger charge is -2.31. The maximum Gasteiger partial charge on any atom is 0.259 e. The first-order chi connectivity index (χ1) is 19.2. The van der Waals surface area contributed by atoms with Crippen LogP contribution in [-0.4, -0.2) is 20.0 Å². The lowest BCUT2D eigenvalue weighted by atomic mass is 9.76. The van der Waals surface area contributed by atoms with Gasteiger partial charge in [-0.2, -0.15) is 0 Å². The Hall–Kier alpha value is -4.34. The molecule has 4 aromatic rings. The van der Waals surface area contributed by atoms with Crippen LogP contribution in [0, 0.1) is 0 Å². The summed E-state index contributed by atoms with van der Waals surface area (Å²) < 4.78 is 0. The second kappa shape index (κ2) is 9.69. The second-order valence-electron chi connectivity index (χ2n) is 10.9. The van der Waals surface area contributed by atoms with E-state index in [0.29, 0.717) is 10.6 Å². The number of benzene rings is 4. The number of hydrogen-bond donors (Lipinski definition) is 0. The summed E-state index contributed by atoms with van der Waals surface area (Å²) in [4.78, 5) is 18.2. The molecule has 0 radical (unpaired) electrons. The third-order valence-electron chi connectivity index (χ3n) is 8.21. The van der Waals surface area contributed by atoms with Crippen molar-refractivity contribution in [2.24, 2.45) is 0 Å². The zero-order chi connectivity index (χ0) is 28.2. The van der Waals surface area contributed by atoms with Crippen LogP contribution in [0.1, 0.15) is 36.1 Å². The maximum atomic E-state index is 14.1. The van der Waals surface area contributed by atoms with Gasteiger partial charge < -0.3 is 9.80 Å². The first-order valence-electron chi connectivity index (χ1n) is 13.4. The third kappa shape index (κ3) is 3.92. The Balaban J connectivity index is 1.78. The number of hydrogen-bond acceptors (Lipinski definition) is 2. The molecule has 0 unspecified atom stereocenters. The van der Waals surface area contributed by atoms with Crippen molar-refractivity contribution >= 4 is 45.6 Å². The molecule has 0 fully saturated rings. The molecule has 1 amide bonds. The highest BCUT2D eigenvalue weighted by atomic mass is 35.5. The predicted octanol–water partition coefficient (Wildman–Crippen LogP) is 8.62. The Morgan fingerprint density at radius 3 is 2.00 bits per heavy atom. The molecular weight excluding hydrogens is 512 g/mol. The molecule has 198 valence electrons. The minimum atomic E-state index is -0.357. The van der Waals surface area contributed by atoms with Gasteiger partial charge in [0.1, 0.15) is 0 Å². The number of fused-ring (bicyclic) bond motifs is 2. The molecule has 0 saturated heterocycles. The smallest absolute Gasteiger partial charge is 0.259 e. The van der Waals surface area contributed by atoms with Gasteiger partial charge in [0.2, 0.25) is 0 Å². The number of halogens is 1. The molecule has 0 atom stereocenters. The van der Waals surface area contributed by atoms with E-state index in [1.54, 1.807) is 4.90 Å². The quantitative estimate of drug-likeness (QED) is 0.241. The average Bonchev–Trinajstić information content (AvgIpc) is 3.33. The lowest BCUT2D eigenvalue weighted by molar-refractivity contribution is -0.112. The molecular formula is C36H31ClN2O. The summed E-state index contributed by atoms with van der Waals surface area (Å²) in [6.07, 6.45) is 0. The summed E-state index contributed by atoms with van der Waals surface area (Å²) in [6, 6.07) is 34.6. The fourth-order valence-corrected chi connectivity index (χ4v) is 6.41. The van der Waals surface area contributed by atoms with Crippen LogP contribution in [0.2, 0.25) is 5.02 Å². The Kier molecular flexibility index (Phi) is 6.28. The van der Waals surface area contributed by atoms with E-state index in [1.165, 1.54) is 5.56 Å². The molecule has 4 heteroatoms. The highest BCUT2D eigenvalue weighted by molar-refractivity contribution is 6.39. The zero-order valence-corrected chi connectivity index (χ0v) is 24.0. The second-order valence-corrected chi connectivity index (χ2v) is 11.3. The summed E-state index contributed by atoms with van der Waals surface area (Å²) >= 11 is 6.30. The minimum absolute atomic E-state index is 0.0296. The van der Waals surface area contributed by atoms with Crippen LogP contribution in [0.15, 0.2) is 121 Å². The van der Waals surface area contributed by atoms with Crippen molar-refractivity contribution < 1.29 is 4.79 Å². The van der Waals surface area contributed by atoms with Crippen LogP contribution < -0.4 is 9.80 Å². The molecule has 2 aliphatic heterocycles. The van der Waals surface area contributed by atoms with E-state index in [2.05, 4.69) is 62.2 Å². The topological polar surface area (TPSA) is 23.6 Å². The van der Waals surface area contributed by atoms with Crippen molar-refractivity contribution in [3.8, 4) is 0 Å². The van der Waals surface area contributed by atoms with Crippen molar-refractivity contribution in [2.45, 2.75) is 19.3 Å². The Labute approximate surface area is 241 Å². The van der Waals surface area contributed by atoms with Crippen molar-refractivity contribution in [1.82, 2.24) is 0 Å². The maximum absolute atomic E-state index is 14.1. The Bertz CT molecular complexity index is 1730. The monoisotopic (exact) mass is 542 g/mol. The summed E-state index contributed by atoms with van der Waals surface area (Å²) in [5, 5.41) is 0.666. The van der Waals surface area contributed by atoms with E-state index in [0.717, 1.165) is 50.5 Å². The van der Waals surface area contributed by atoms with E-state index in [9.17, 15) is 4.79 Å². The summed E-state index contributed by atoms with van der Waals surface area (Å²) in [6.45, 7) is 9.20. The van der Waals surface area contributed by atoms with Crippen molar-refractivity contribution in [1.29, 1.82) is 0 Å². The molecule has 2 heterocycles. The number of allylic oxidation sites excluding steroid dienone is 4. The molecule has 0 N–H and O–H groups in total. The van der Waals surface area contributed by atoms with Crippen LogP contribution in [0.3, 0.4) is 0 Å². The highest BCUT2D eigenvalue weighted by Gasteiger charge is 2.43. The summed E-state index contributed by atoms with van der Waals surface area (Å²) in [7, 11) is 3.96. The molecule has 4 aromatic carbocycles. The number of para-hydroxylation sites is 2. The van der Waals surface area contributed by atoms with Gasteiger partial charge in [0.25, 0.3) is 5.91 Å². The number of carbonyl (C=O) groups is 1. The van der Waals surface area contributed by atoms with E-state index < -0.39 is 0 Å². The van der Waals surface area contributed by atoms with Crippen LogP contribution in [-0.2, 0) is 10.2 Å². The number of amides is 1. The van der Waals surface area contributed by atoms with Gasteiger partial charge in [-0.05, 0) is 46.5 Å². The van der Waals surface area contributed by atoms with Crippen molar-refractivity contribution in [2.75, 3.05) is 23.9 Å². The molecule has 3 nitrogen and oxygen atoms in total. The highest BCUT2D eigenvalue weighted by Crippen LogP contribution is 2.54.